The molecule has 1 aromatic rings. The number of benzene rings is 1. The zero-order chi connectivity index (χ0) is 13.8. The van der Waals surface area contributed by atoms with Crippen molar-refractivity contribution in [3.05, 3.63) is 23.8 Å². The maximum atomic E-state index is 5.90. The highest BCUT2D eigenvalue weighted by Gasteiger charge is 2.20. The molecule has 0 saturated heterocycles. The molecule has 0 amide bonds. The Balaban J connectivity index is 2.21. The van der Waals surface area contributed by atoms with Gasteiger partial charge in [-0.3, -0.25) is 0 Å². The van der Waals surface area contributed by atoms with Crippen LogP contribution in [0.5, 0.6) is 0 Å². The van der Waals surface area contributed by atoms with E-state index in [9.17, 15) is 0 Å². The third-order valence-electron chi connectivity index (χ3n) is 3.79. The van der Waals surface area contributed by atoms with Crippen molar-refractivity contribution in [1.82, 2.24) is 0 Å². The first-order chi connectivity index (χ1) is 9.11. The Hall–Kier alpha value is -0.740. The van der Waals surface area contributed by atoms with Crippen LogP contribution in [0.2, 0.25) is 0 Å². The molecule has 0 spiro atoms. The molecule has 1 aliphatic rings. The molecule has 1 aliphatic carbocycles. The number of anilines is 1. The van der Waals surface area contributed by atoms with Gasteiger partial charge in [-0.15, -0.1) is 11.8 Å². The quantitative estimate of drug-likeness (QED) is 0.649. The molecule has 19 heavy (non-hydrogen) atoms. The van der Waals surface area contributed by atoms with Crippen LogP contribution < -0.4 is 11.1 Å². The zero-order valence-electron chi connectivity index (χ0n) is 11.6. The molecule has 0 bridgehead atoms. The lowest BCUT2D eigenvalue weighted by Crippen LogP contribution is -2.27. The predicted octanol–water partition coefficient (Wildman–Crippen LogP) is 4.03. The first kappa shape index (κ1) is 14.7. The predicted molar refractivity (Wildman–Crippen MR) is 89.2 cm³/mol. The maximum Gasteiger partial charge on any atom is 0.107 e. The molecule has 0 radical (unpaired) electrons. The van der Waals surface area contributed by atoms with Crippen molar-refractivity contribution in [2.45, 2.75) is 43.5 Å². The Morgan fingerprint density at radius 1 is 1.42 bits per heavy atom. The minimum Gasteiger partial charge on any atom is -0.389 e. The van der Waals surface area contributed by atoms with E-state index in [-0.39, 0.29) is 0 Å². The fourth-order valence-electron chi connectivity index (χ4n) is 2.86. The Labute approximate surface area is 125 Å². The summed E-state index contributed by atoms with van der Waals surface area (Å²) in [5.74, 6) is 0.809. The smallest absolute Gasteiger partial charge is 0.107 e. The van der Waals surface area contributed by atoms with E-state index in [0.717, 1.165) is 22.1 Å². The van der Waals surface area contributed by atoms with E-state index in [4.69, 9.17) is 18.0 Å². The van der Waals surface area contributed by atoms with Crippen LogP contribution in [-0.4, -0.2) is 17.3 Å². The summed E-state index contributed by atoms with van der Waals surface area (Å²) in [5.41, 5.74) is 8.00. The zero-order valence-corrected chi connectivity index (χ0v) is 13.2. The summed E-state index contributed by atoms with van der Waals surface area (Å²) in [4.78, 5) is 1.64. The molecule has 0 aliphatic heterocycles. The molecule has 104 valence electrons. The van der Waals surface area contributed by atoms with Crippen LogP contribution in [0.3, 0.4) is 0 Å². The van der Waals surface area contributed by atoms with Crippen LogP contribution in [0.1, 0.15) is 38.2 Å². The summed E-state index contributed by atoms with van der Waals surface area (Å²) in [5, 5.41) is 3.66. The van der Waals surface area contributed by atoms with Crippen LogP contribution in [0.4, 0.5) is 5.69 Å². The van der Waals surface area contributed by atoms with E-state index in [1.807, 2.05) is 0 Å². The Morgan fingerprint density at radius 2 is 2.21 bits per heavy atom. The molecule has 0 aromatic heterocycles. The molecule has 1 saturated carbocycles. The van der Waals surface area contributed by atoms with Crippen molar-refractivity contribution in [1.29, 1.82) is 0 Å². The van der Waals surface area contributed by atoms with Crippen LogP contribution in [-0.2, 0) is 0 Å². The molecule has 1 aromatic carbocycles. The minimum atomic E-state index is 0.483. The van der Waals surface area contributed by atoms with Crippen molar-refractivity contribution >= 4 is 34.7 Å². The number of nitrogens with two attached hydrogens (primary N) is 1. The molecule has 2 unspecified atom stereocenters. The Morgan fingerprint density at radius 3 is 2.84 bits per heavy atom. The highest BCUT2D eigenvalue weighted by molar-refractivity contribution is 7.98. The van der Waals surface area contributed by atoms with E-state index in [0.29, 0.717) is 11.0 Å². The van der Waals surface area contributed by atoms with Gasteiger partial charge in [-0.1, -0.05) is 38.0 Å². The molecular weight excluding hydrogens is 272 g/mol. The topological polar surface area (TPSA) is 38.0 Å². The number of nitrogens with one attached hydrogen (secondary N) is 1. The summed E-state index contributed by atoms with van der Waals surface area (Å²) in [6.45, 7) is 2.33. The maximum absolute atomic E-state index is 5.90. The van der Waals surface area contributed by atoms with Crippen LogP contribution >= 0.6 is 24.0 Å². The first-order valence-electron chi connectivity index (χ1n) is 6.85. The molecular formula is C15H22N2S2. The van der Waals surface area contributed by atoms with Crippen LogP contribution in [0.25, 0.3) is 0 Å². The van der Waals surface area contributed by atoms with Gasteiger partial charge >= 0.3 is 0 Å². The molecule has 3 N–H and O–H groups in total. The Bertz CT molecular complexity index is 459. The van der Waals surface area contributed by atoms with E-state index < -0.39 is 0 Å². The van der Waals surface area contributed by atoms with Gasteiger partial charge in [0.15, 0.2) is 0 Å². The fraction of sp³-hybridized carbons (Fsp3) is 0.533. The second-order valence-corrected chi connectivity index (χ2v) is 6.65. The lowest BCUT2D eigenvalue weighted by atomic mass is 9.87. The highest BCUT2D eigenvalue weighted by Crippen LogP contribution is 2.31. The summed E-state index contributed by atoms with van der Waals surface area (Å²) >= 11 is 6.91. The summed E-state index contributed by atoms with van der Waals surface area (Å²) in [6.07, 6.45) is 7.20. The Kier molecular flexibility index (Phi) is 5.11. The highest BCUT2D eigenvalue weighted by atomic mass is 32.2. The van der Waals surface area contributed by atoms with Crippen LogP contribution in [0.15, 0.2) is 23.1 Å². The van der Waals surface area contributed by atoms with Crippen molar-refractivity contribution in [2.24, 2.45) is 11.7 Å². The average molecular weight is 294 g/mol. The number of hydrogen-bond donors (Lipinski definition) is 2. The molecule has 2 atom stereocenters. The lowest BCUT2D eigenvalue weighted by molar-refractivity contribution is 0.358. The van der Waals surface area contributed by atoms with Crippen molar-refractivity contribution in [3.63, 3.8) is 0 Å². The van der Waals surface area contributed by atoms with Crippen molar-refractivity contribution in [3.8, 4) is 0 Å². The van der Waals surface area contributed by atoms with Gasteiger partial charge in [0.25, 0.3) is 0 Å². The van der Waals surface area contributed by atoms with Gasteiger partial charge < -0.3 is 11.1 Å². The molecule has 0 heterocycles. The molecule has 2 nitrogen and oxygen atoms in total. The lowest BCUT2D eigenvalue weighted by Gasteiger charge is -2.29. The van der Waals surface area contributed by atoms with E-state index in [2.05, 4.69) is 36.7 Å². The fourth-order valence-corrected chi connectivity index (χ4v) is 3.78. The minimum absolute atomic E-state index is 0.483. The number of thiocarbonyl (C=S) groups is 1. The van der Waals surface area contributed by atoms with Gasteiger partial charge in [-0.25, -0.2) is 0 Å². The van der Waals surface area contributed by atoms with E-state index >= 15 is 0 Å². The summed E-state index contributed by atoms with van der Waals surface area (Å²) < 4.78 is 0. The van der Waals surface area contributed by atoms with Gasteiger partial charge in [-0.2, -0.15) is 0 Å². The second kappa shape index (κ2) is 6.62. The SMILES string of the molecule is CSc1cccc(NC2CCCC(C)C2)c1C(N)=S. The summed E-state index contributed by atoms with van der Waals surface area (Å²) in [6, 6.07) is 6.79. The van der Waals surface area contributed by atoms with Gasteiger partial charge in [0, 0.05) is 22.2 Å². The van der Waals surface area contributed by atoms with E-state index in [1.165, 1.54) is 25.7 Å². The summed E-state index contributed by atoms with van der Waals surface area (Å²) in [7, 11) is 0. The van der Waals surface area contributed by atoms with Gasteiger partial charge in [-0.05, 0) is 37.1 Å². The van der Waals surface area contributed by atoms with Crippen LogP contribution in [0, 0.1) is 5.92 Å². The normalized spacial score (nSPS) is 23.1. The monoisotopic (exact) mass is 294 g/mol. The standard InChI is InChI=1S/C15H22N2S2/c1-10-5-3-6-11(9-10)17-12-7-4-8-13(19-2)14(12)15(16)18/h4,7-8,10-11,17H,3,5-6,9H2,1-2H3,(H2,16,18). The number of thioether (sulfide) groups is 1. The number of rotatable bonds is 4. The largest absolute Gasteiger partial charge is 0.389 e. The molecule has 2 rings (SSSR count). The molecule has 4 heteroatoms. The third kappa shape index (κ3) is 3.63. The van der Waals surface area contributed by atoms with Crippen molar-refractivity contribution in [2.75, 3.05) is 11.6 Å². The van der Waals surface area contributed by atoms with E-state index in [1.54, 1.807) is 11.8 Å². The van der Waals surface area contributed by atoms with Gasteiger partial charge in [0.1, 0.15) is 4.99 Å². The first-order valence-corrected chi connectivity index (χ1v) is 8.48. The number of hydrogen-bond acceptors (Lipinski definition) is 3. The third-order valence-corrected chi connectivity index (χ3v) is 4.77. The van der Waals surface area contributed by atoms with Crippen molar-refractivity contribution < 1.29 is 0 Å². The molecule has 1 fully saturated rings. The second-order valence-electron chi connectivity index (χ2n) is 5.36. The van der Waals surface area contributed by atoms with Gasteiger partial charge in [0.2, 0.25) is 0 Å². The van der Waals surface area contributed by atoms with Gasteiger partial charge in [0.05, 0.1) is 0 Å². The average Bonchev–Trinajstić information content (AvgIpc) is 2.38.